The van der Waals surface area contributed by atoms with Crippen LogP contribution in [0.15, 0.2) is 84.0 Å². The number of rotatable bonds is 6. The van der Waals surface area contributed by atoms with E-state index in [-0.39, 0.29) is 11.8 Å². The zero-order chi connectivity index (χ0) is 20.9. The summed E-state index contributed by atoms with van der Waals surface area (Å²) in [5.41, 5.74) is 3.56. The number of amides is 2. The lowest BCUT2D eigenvalue weighted by atomic mass is 10.1. The highest BCUT2D eigenvalue weighted by Gasteiger charge is 2.09. The summed E-state index contributed by atoms with van der Waals surface area (Å²) < 4.78 is 2.00. The van der Waals surface area contributed by atoms with Gasteiger partial charge in [-0.05, 0) is 54.6 Å². The molecule has 2 aromatic carbocycles. The number of benzene rings is 2. The molecule has 0 spiro atoms. The van der Waals surface area contributed by atoms with Gasteiger partial charge in [-0.1, -0.05) is 12.1 Å². The van der Waals surface area contributed by atoms with Crippen LogP contribution in [-0.2, 0) is 5.75 Å². The van der Waals surface area contributed by atoms with Gasteiger partial charge < -0.3 is 15.0 Å². The third kappa shape index (κ3) is 4.52. The summed E-state index contributed by atoms with van der Waals surface area (Å²) in [6.07, 6.45) is 4.01. The Morgan fingerprint density at radius 3 is 2.57 bits per heavy atom. The molecule has 6 nitrogen and oxygen atoms in total. The zero-order valence-electron chi connectivity index (χ0n) is 16.3. The zero-order valence-corrected chi connectivity index (χ0v) is 17.1. The molecule has 0 saturated carbocycles. The van der Waals surface area contributed by atoms with E-state index in [4.69, 9.17) is 0 Å². The summed E-state index contributed by atoms with van der Waals surface area (Å²) in [6.45, 7) is 0. The van der Waals surface area contributed by atoms with Crippen LogP contribution < -0.4 is 10.6 Å². The number of anilines is 1. The monoisotopic (exact) mass is 416 g/mol. The predicted molar refractivity (Wildman–Crippen MR) is 119 cm³/mol. The van der Waals surface area contributed by atoms with E-state index in [2.05, 4.69) is 15.6 Å². The number of hydrogen-bond donors (Lipinski definition) is 2. The first-order valence-electron chi connectivity index (χ1n) is 9.41. The van der Waals surface area contributed by atoms with Crippen LogP contribution in [0.4, 0.5) is 5.69 Å². The van der Waals surface area contributed by atoms with Crippen LogP contribution in [0.5, 0.6) is 0 Å². The Morgan fingerprint density at radius 1 is 0.967 bits per heavy atom. The first kappa shape index (κ1) is 19.7. The number of fused-ring (bicyclic) bond motifs is 1. The lowest BCUT2D eigenvalue weighted by Crippen LogP contribution is -2.18. The Labute approximate surface area is 178 Å². The highest BCUT2D eigenvalue weighted by Crippen LogP contribution is 2.23. The molecule has 0 aliphatic heterocycles. The summed E-state index contributed by atoms with van der Waals surface area (Å²) in [5.74, 6) is 0.332. The molecule has 150 valence electrons. The molecule has 30 heavy (non-hydrogen) atoms. The molecule has 0 unspecified atom stereocenters. The molecular formula is C23H20N4O2S. The summed E-state index contributed by atoms with van der Waals surface area (Å²) in [7, 11) is 1.57. The van der Waals surface area contributed by atoms with Gasteiger partial charge in [0.05, 0.1) is 5.69 Å². The van der Waals surface area contributed by atoms with Crippen molar-refractivity contribution >= 4 is 34.9 Å². The molecule has 2 N–H and O–H groups in total. The number of nitrogens with zero attached hydrogens (tertiary/aromatic N) is 2. The Kier molecular flexibility index (Phi) is 5.81. The van der Waals surface area contributed by atoms with Crippen molar-refractivity contribution in [3.63, 3.8) is 0 Å². The molecule has 2 heterocycles. The molecule has 0 bridgehead atoms. The van der Waals surface area contributed by atoms with Crippen molar-refractivity contribution < 1.29 is 9.59 Å². The lowest BCUT2D eigenvalue weighted by Gasteiger charge is -2.08. The standard InChI is InChI=1S/C23H20N4O2S/c1-24-22(28)17-5-4-6-18(13-17)26-23(29)16-8-10-20(11-9-16)30-15-19-14-27-12-3-2-7-21(27)25-19/h2-14H,15H2,1H3,(H,24,28)(H,26,29). The first-order valence-corrected chi connectivity index (χ1v) is 10.4. The Balaban J connectivity index is 1.38. The van der Waals surface area contributed by atoms with E-state index in [0.29, 0.717) is 16.8 Å². The summed E-state index contributed by atoms with van der Waals surface area (Å²) >= 11 is 1.67. The largest absolute Gasteiger partial charge is 0.355 e. The third-order valence-corrected chi connectivity index (χ3v) is 5.57. The topological polar surface area (TPSA) is 75.5 Å². The molecule has 0 aliphatic rings. The van der Waals surface area contributed by atoms with Crippen LogP contribution in [0.3, 0.4) is 0 Å². The molecule has 0 fully saturated rings. The van der Waals surface area contributed by atoms with Gasteiger partial charge in [0.15, 0.2) is 0 Å². The maximum atomic E-state index is 12.5. The van der Waals surface area contributed by atoms with E-state index < -0.39 is 0 Å². The summed E-state index contributed by atoms with van der Waals surface area (Å²) in [4.78, 5) is 29.9. The smallest absolute Gasteiger partial charge is 0.255 e. The third-order valence-electron chi connectivity index (χ3n) is 4.53. The number of imidazole rings is 1. The SMILES string of the molecule is CNC(=O)c1cccc(NC(=O)c2ccc(SCc3cn4ccccc4n3)cc2)c1. The number of hydrogen-bond acceptors (Lipinski definition) is 4. The van der Waals surface area contributed by atoms with Crippen LogP contribution in [0.1, 0.15) is 26.4 Å². The van der Waals surface area contributed by atoms with Crippen molar-refractivity contribution in [1.82, 2.24) is 14.7 Å². The molecular weight excluding hydrogens is 396 g/mol. The number of nitrogens with one attached hydrogen (secondary N) is 2. The van der Waals surface area contributed by atoms with E-state index in [1.165, 1.54) is 0 Å². The van der Waals surface area contributed by atoms with Crippen LogP contribution in [0, 0.1) is 0 Å². The molecule has 0 radical (unpaired) electrons. The highest BCUT2D eigenvalue weighted by atomic mass is 32.2. The average Bonchev–Trinajstić information content (AvgIpc) is 3.20. The molecule has 0 atom stereocenters. The van der Waals surface area contributed by atoms with Crippen LogP contribution in [-0.4, -0.2) is 28.2 Å². The van der Waals surface area contributed by atoms with Crippen molar-refractivity contribution in [3.05, 3.63) is 95.9 Å². The lowest BCUT2D eigenvalue weighted by molar-refractivity contribution is 0.0961. The van der Waals surface area contributed by atoms with Crippen molar-refractivity contribution in [3.8, 4) is 0 Å². The maximum Gasteiger partial charge on any atom is 0.255 e. The minimum absolute atomic E-state index is 0.196. The minimum Gasteiger partial charge on any atom is -0.355 e. The molecule has 0 aliphatic carbocycles. The normalized spacial score (nSPS) is 10.7. The molecule has 7 heteroatoms. The van der Waals surface area contributed by atoms with Gasteiger partial charge in [-0.2, -0.15) is 0 Å². The Bertz CT molecular complexity index is 1170. The van der Waals surface area contributed by atoms with Crippen LogP contribution in [0.25, 0.3) is 5.65 Å². The molecule has 0 saturated heterocycles. The number of carbonyl (C=O) groups excluding carboxylic acids is 2. The first-order chi connectivity index (χ1) is 14.6. The Hall–Kier alpha value is -3.58. The molecule has 4 aromatic rings. The fraction of sp³-hybridized carbons (Fsp3) is 0.0870. The summed E-state index contributed by atoms with van der Waals surface area (Å²) in [6, 6.07) is 20.2. The molecule has 4 rings (SSSR count). The van der Waals surface area contributed by atoms with Crippen LogP contribution >= 0.6 is 11.8 Å². The molecule has 2 aromatic heterocycles. The van der Waals surface area contributed by atoms with Gasteiger partial charge in [0, 0.05) is 46.9 Å². The van der Waals surface area contributed by atoms with E-state index in [1.54, 1.807) is 55.2 Å². The van der Waals surface area contributed by atoms with Crippen molar-refractivity contribution in [2.24, 2.45) is 0 Å². The average molecular weight is 417 g/mol. The van der Waals surface area contributed by atoms with Gasteiger partial charge in [-0.15, -0.1) is 11.8 Å². The highest BCUT2D eigenvalue weighted by molar-refractivity contribution is 7.98. The van der Waals surface area contributed by atoms with Crippen molar-refractivity contribution in [1.29, 1.82) is 0 Å². The quantitative estimate of drug-likeness (QED) is 0.461. The van der Waals surface area contributed by atoms with Gasteiger partial charge >= 0.3 is 0 Å². The van der Waals surface area contributed by atoms with Gasteiger partial charge in [0.25, 0.3) is 11.8 Å². The molecule has 2 amide bonds. The summed E-state index contributed by atoms with van der Waals surface area (Å²) in [5, 5.41) is 5.40. The fourth-order valence-corrected chi connectivity index (χ4v) is 3.78. The maximum absolute atomic E-state index is 12.5. The minimum atomic E-state index is -0.221. The second-order valence-corrected chi connectivity index (χ2v) is 7.67. The number of thioether (sulfide) groups is 1. The van der Waals surface area contributed by atoms with E-state index >= 15 is 0 Å². The van der Waals surface area contributed by atoms with Crippen molar-refractivity contribution in [2.45, 2.75) is 10.6 Å². The van der Waals surface area contributed by atoms with Gasteiger partial charge in [0.2, 0.25) is 0 Å². The number of pyridine rings is 1. The second-order valence-electron chi connectivity index (χ2n) is 6.63. The fourth-order valence-electron chi connectivity index (χ4n) is 3.00. The van der Waals surface area contributed by atoms with Crippen molar-refractivity contribution in [2.75, 3.05) is 12.4 Å². The van der Waals surface area contributed by atoms with Gasteiger partial charge in [-0.25, -0.2) is 4.98 Å². The second kappa shape index (κ2) is 8.84. The predicted octanol–water partition coefficient (Wildman–Crippen LogP) is 4.24. The number of aromatic nitrogens is 2. The van der Waals surface area contributed by atoms with Gasteiger partial charge in [-0.3, -0.25) is 9.59 Å². The number of carbonyl (C=O) groups is 2. The van der Waals surface area contributed by atoms with E-state index in [0.717, 1.165) is 22.0 Å². The van der Waals surface area contributed by atoms with Gasteiger partial charge in [0.1, 0.15) is 5.65 Å². The Morgan fingerprint density at radius 2 is 1.80 bits per heavy atom. The van der Waals surface area contributed by atoms with E-state index in [9.17, 15) is 9.59 Å². The van der Waals surface area contributed by atoms with E-state index in [1.807, 2.05) is 47.1 Å². The van der Waals surface area contributed by atoms with Crippen LogP contribution in [0.2, 0.25) is 0 Å².